The number of aryl methyl sites for hydroxylation is 3. The molecule has 1 heterocycles. The van der Waals surface area contributed by atoms with E-state index in [-0.39, 0.29) is 5.91 Å². The number of aromatic nitrogens is 1. The van der Waals surface area contributed by atoms with Crippen LogP contribution in [0.2, 0.25) is 0 Å². The van der Waals surface area contributed by atoms with E-state index in [1.807, 2.05) is 29.9 Å². The third-order valence-corrected chi connectivity index (χ3v) is 3.51. The highest BCUT2D eigenvalue weighted by Crippen LogP contribution is 2.09. The van der Waals surface area contributed by atoms with Crippen molar-refractivity contribution in [1.29, 1.82) is 0 Å². The zero-order valence-electron chi connectivity index (χ0n) is 12.2. The molecule has 0 saturated carbocycles. The van der Waals surface area contributed by atoms with Crippen molar-refractivity contribution in [2.24, 2.45) is 7.05 Å². The third-order valence-electron chi connectivity index (χ3n) is 3.51. The van der Waals surface area contributed by atoms with E-state index in [2.05, 4.69) is 36.6 Å². The van der Waals surface area contributed by atoms with Crippen molar-refractivity contribution in [2.45, 2.75) is 26.2 Å². The minimum Gasteiger partial charge on any atom is -0.357 e. The summed E-state index contributed by atoms with van der Waals surface area (Å²) in [5.41, 5.74) is 3.77. The molecule has 1 amide bonds. The van der Waals surface area contributed by atoms with E-state index in [0.29, 0.717) is 13.0 Å². The lowest BCUT2D eigenvalue weighted by Crippen LogP contribution is -2.25. The first kappa shape index (κ1) is 14.4. The fourth-order valence-corrected chi connectivity index (χ4v) is 2.28. The molecule has 0 aliphatic rings. The smallest absolute Gasteiger partial charge is 0.220 e. The molecule has 2 rings (SSSR count). The molecule has 0 radical (unpaired) electrons. The SMILES string of the molecule is Cc1ccccc1CCC(=O)NCCc1ccn(C)c1. The Morgan fingerprint density at radius 2 is 2.00 bits per heavy atom. The predicted octanol–water partition coefficient (Wildman–Crippen LogP) is 2.63. The molecule has 106 valence electrons. The molecule has 20 heavy (non-hydrogen) atoms. The molecule has 0 atom stereocenters. The molecule has 0 unspecified atom stereocenters. The number of carbonyl (C=O) groups excluding carboxylic acids is 1. The summed E-state index contributed by atoms with van der Waals surface area (Å²) in [7, 11) is 2.00. The van der Waals surface area contributed by atoms with E-state index in [4.69, 9.17) is 0 Å². The van der Waals surface area contributed by atoms with E-state index in [9.17, 15) is 4.79 Å². The lowest BCUT2D eigenvalue weighted by molar-refractivity contribution is -0.121. The molecular formula is C17H22N2O. The van der Waals surface area contributed by atoms with Gasteiger partial charge in [-0.25, -0.2) is 0 Å². The lowest BCUT2D eigenvalue weighted by Gasteiger charge is -2.06. The molecule has 0 aliphatic carbocycles. The van der Waals surface area contributed by atoms with E-state index in [0.717, 1.165) is 12.8 Å². The number of amides is 1. The number of carbonyl (C=O) groups is 1. The van der Waals surface area contributed by atoms with Gasteiger partial charge in [0.15, 0.2) is 0 Å². The summed E-state index contributed by atoms with van der Waals surface area (Å²) in [6.45, 7) is 2.79. The van der Waals surface area contributed by atoms with Crippen molar-refractivity contribution in [3.63, 3.8) is 0 Å². The van der Waals surface area contributed by atoms with Gasteiger partial charge in [0, 0.05) is 32.4 Å². The number of nitrogens with zero attached hydrogens (tertiary/aromatic N) is 1. The second-order valence-electron chi connectivity index (χ2n) is 5.21. The maximum Gasteiger partial charge on any atom is 0.220 e. The Kier molecular flexibility index (Phi) is 4.99. The Balaban J connectivity index is 1.69. The largest absolute Gasteiger partial charge is 0.357 e. The molecule has 1 aromatic carbocycles. The fraction of sp³-hybridized carbons (Fsp3) is 0.353. The molecule has 0 bridgehead atoms. The molecule has 0 spiro atoms. The maximum atomic E-state index is 11.8. The first-order chi connectivity index (χ1) is 9.65. The third kappa shape index (κ3) is 4.26. The lowest BCUT2D eigenvalue weighted by atomic mass is 10.0. The van der Waals surface area contributed by atoms with Crippen LogP contribution >= 0.6 is 0 Å². The van der Waals surface area contributed by atoms with Gasteiger partial charge in [-0.2, -0.15) is 0 Å². The first-order valence-electron chi connectivity index (χ1n) is 7.07. The molecule has 1 aromatic heterocycles. The number of nitrogens with one attached hydrogen (secondary N) is 1. The molecule has 2 aromatic rings. The Morgan fingerprint density at radius 3 is 2.70 bits per heavy atom. The van der Waals surface area contributed by atoms with Gasteiger partial charge in [-0.15, -0.1) is 0 Å². The summed E-state index contributed by atoms with van der Waals surface area (Å²) in [4.78, 5) is 11.8. The number of hydrogen-bond acceptors (Lipinski definition) is 1. The summed E-state index contributed by atoms with van der Waals surface area (Å²) in [5, 5.41) is 2.98. The van der Waals surface area contributed by atoms with Crippen molar-refractivity contribution in [1.82, 2.24) is 9.88 Å². The molecule has 3 nitrogen and oxygen atoms in total. The van der Waals surface area contributed by atoms with Crippen molar-refractivity contribution < 1.29 is 4.79 Å². The highest BCUT2D eigenvalue weighted by atomic mass is 16.1. The van der Waals surface area contributed by atoms with Crippen LogP contribution in [-0.2, 0) is 24.7 Å². The minimum absolute atomic E-state index is 0.129. The van der Waals surface area contributed by atoms with Gasteiger partial charge < -0.3 is 9.88 Å². The Bertz CT molecular complexity index is 572. The predicted molar refractivity (Wildman–Crippen MR) is 81.6 cm³/mol. The molecule has 0 fully saturated rings. The van der Waals surface area contributed by atoms with Crippen LogP contribution in [0, 0.1) is 6.92 Å². The average molecular weight is 270 g/mol. The van der Waals surface area contributed by atoms with Crippen LogP contribution in [0.1, 0.15) is 23.1 Å². The average Bonchev–Trinajstić information content (AvgIpc) is 2.83. The van der Waals surface area contributed by atoms with Gasteiger partial charge in [-0.3, -0.25) is 4.79 Å². The van der Waals surface area contributed by atoms with Crippen molar-refractivity contribution in [3.8, 4) is 0 Å². The van der Waals surface area contributed by atoms with Gasteiger partial charge in [0.2, 0.25) is 5.91 Å². The summed E-state index contributed by atoms with van der Waals surface area (Å²) < 4.78 is 2.02. The first-order valence-corrected chi connectivity index (χ1v) is 7.07. The number of rotatable bonds is 6. The molecule has 1 N–H and O–H groups in total. The molecule has 0 aliphatic heterocycles. The van der Waals surface area contributed by atoms with Gasteiger partial charge in [0.25, 0.3) is 0 Å². The van der Waals surface area contributed by atoms with E-state index < -0.39 is 0 Å². The zero-order chi connectivity index (χ0) is 14.4. The fourth-order valence-electron chi connectivity index (χ4n) is 2.28. The van der Waals surface area contributed by atoms with E-state index in [1.54, 1.807) is 0 Å². The Hall–Kier alpha value is -2.03. The van der Waals surface area contributed by atoms with Crippen LogP contribution in [0.25, 0.3) is 0 Å². The van der Waals surface area contributed by atoms with Crippen LogP contribution in [0.4, 0.5) is 0 Å². The van der Waals surface area contributed by atoms with Gasteiger partial charge in [0.1, 0.15) is 0 Å². The monoisotopic (exact) mass is 270 g/mol. The van der Waals surface area contributed by atoms with E-state index in [1.165, 1.54) is 16.7 Å². The van der Waals surface area contributed by atoms with Gasteiger partial charge >= 0.3 is 0 Å². The van der Waals surface area contributed by atoms with Crippen LogP contribution in [0.15, 0.2) is 42.7 Å². The number of benzene rings is 1. The van der Waals surface area contributed by atoms with Gasteiger partial charge in [-0.1, -0.05) is 24.3 Å². The Morgan fingerprint density at radius 1 is 1.20 bits per heavy atom. The van der Waals surface area contributed by atoms with E-state index >= 15 is 0 Å². The van der Waals surface area contributed by atoms with Crippen LogP contribution in [0.5, 0.6) is 0 Å². The summed E-state index contributed by atoms with van der Waals surface area (Å²) >= 11 is 0. The minimum atomic E-state index is 0.129. The van der Waals surface area contributed by atoms with Crippen molar-refractivity contribution >= 4 is 5.91 Å². The zero-order valence-corrected chi connectivity index (χ0v) is 12.2. The molecule has 0 saturated heterocycles. The van der Waals surface area contributed by atoms with Crippen molar-refractivity contribution in [2.75, 3.05) is 6.54 Å². The standard InChI is InChI=1S/C17H22N2O/c1-14-5-3-4-6-16(14)7-8-17(20)18-11-9-15-10-12-19(2)13-15/h3-6,10,12-13H,7-9,11H2,1-2H3,(H,18,20). The van der Waals surface area contributed by atoms with Crippen LogP contribution < -0.4 is 5.32 Å². The quantitative estimate of drug-likeness (QED) is 0.860. The highest BCUT2D eigenvalue weighted by Gasteiger charge is 2.04. The van der Waals surface area contributed by atoms with Crippen LogP contribution in [0.3, 0.4) is 0 Å². The van der Waals surface area contributed by atoms with Gasteiger partial charge in [0.05, 0.1) is 0 Å². The van der Waals surface area contributed by atoms with Gasteiger partial charge in [-0.05, 0) is 42.5 Å². The second kappa shape index (κ2) is 6.94. The Labute approximate surface area is 120 Å². The topological polar surface area (TPSA) is 34.0 Å². The molecular weight excluding hydrogens is 248 g/mol. The summed E-state index contributed by atoms with van der Waals surface area (Å²) in [5.74, 6) is 0.129. The second-order valence-corrected chi connectivity index (χ2v) is 5.21. The van der Waals surface area contributed by atoms with Crippen molar-refractivity contribution in [3.05, 3.63) is 59.4 Å². The van der Waals surface area contributed by atoms with Crippen LogP contribution in [-0.4, -0.2) is 17.0 Å². The normalized spacial score (nSPS) is 10.5. The maximum absolute atomic E-state index is 11.8. The molecule has 3 heteroatoms. The summed E-state index contributed by atoms with van der Waals surface area (Å²) in [6, 6.07) is 10.3. The number of hydrogen-bond donors (Lipinski definition) is 1. The summed E-state index contributed by atoms with van der Waals surface area (Å²) in [6.07, 6.45) is 6.36. The highest BCUT2D eigenvalue weighted by molar-refractivity contribution is 5.76.